The third kappa shape index (κ3) is 7.25. The van der Waals surface area contributed by atoms with E-state index in [-0.39, 0.29) is 5.91 Å². The van der Waals surface area contributed by atoms with Crippen LogP contribution in [-0.2, 0) is 4.79 Å². The van der Waals surface area contributed by atoms with E-state index in [0.717, 1.165) is 32.1 Å². The maximum Gasteiger partial charge on any atom is 0.220 e. The molecule has 1 aliphatic rings. The molecule has 2 nitrogen and oxygen atoms in total. The summed E-state index contributed by atoms with van der Waals surface area (Å²) in [5.41, 5.74) is 0. The normalized spacial score (nSPS) is 23.9. The first-order valence-corrected chi connectivity index (χ1v) is 8.09. The summed E-state index contributed by atoms with van der Waals surface area (Å²) in [4.78, 5) is 11.7. The average Bonchev–Trinajstić information content (AvgIpc) is 2.36. The molecule has 0 heterocycles. The predicted molar refractivity (Wildman–Crippen MR) is 78.0 cm³/mol. The maximum atomic E-state index is 11.7. The third-order valence-electron chi connectivity index (χ3n) is 3.78. The molecule has 0 aromatic carbocycles. The molecule has 1 fully saturated rings. The molecule has 1 N–H and O–H groups in total. The summed E-state index contributed by atoms with van der Waals surface area (Å²) in [6.45, 7) is 2.23. The molecule has 0 radical (unpaired) electrons. The molecule has 0 aromatic heterocycles. The lowest BCUT2D eigenvalue weighted by atomic mass is 9.95. The fraction of sp³-hybridized carbons (Fsp3) is 0.933. The van der Waals surface area contributed by atoms with Crippen LogP contribution in [0.4, 0.5) is 0 Å². The summed E-state index contributed by atoms with van der Waals surface area (Å²) < 4.78 is 0. The van der Waals surface area contributed by atoms with Gasteiger partial charge in [0.2, 0.25) is 5.91 Å². The molecule has 106 valence electrons. The van der Waals surface area contributed by atoms with E-state index >= 15 is 0 Å². The van der Waals surface area contributed by atoms with Gasteiger partial charge in [0, 0.05) is 17.8 Å². The van der Waals surface area contributed by atoms with E-state index in [1.54, 1.807) is 0 Å². The van der Waals surface area contributed by atoms with E-state index in [0.29, 0.717) is 17.8 Å². The Morgan fingerprint density at radius 1 is 1.06 bits per heavy atom. The number of alkyl halides is 1. The standard InChI is InChI=1S/C15H28ClNO/c1-2-3-4-5-6-7-8-15(18)17-14-11-9-13(16)10-12-14/h13-14H,2-12H2,1H3,(H,17,18). The van der Waals surface area contributed by atoms with Gasteiger partial charge in [-0.15, -0.1) is 11.6 Å². The summed E-state index contributed by atoms with van der Waals surface area (Å²) >= 11 is 6.05. The number of hydrogen-bond acceptors (Lipinski definition) is 1. The van der Waals surface area contributed by atoms with Crippen molar-refractivity contribution in [3.63, 3.8) is 0 Å². The molecule has 0 bridgehead atoms. The number of unbranched alkanes of at least 4 members (excludes halogenated alkanes) is 5. The zero-order valence-corrected chi connectivity index (χ0v) is 12.5. The van der Waals surface area contributed by atoms with Gasteiger partial charge in [0.25, 0.3) is 0 Å². The number of carbonyl (C=O) groups is 1. The van der Waals surface area contributed by atoms with E-state index in [1.807, 2.05) is 0 Å². The molecule has 0 atom stereocenters. The van der Waals surface area contributed by atoms with Gasteiger partial charge in [0.15, 0.2) is 0 Å². The molecule has 18 heavy (non-hydrogen) atoms. The monoisotopic (exact) mass is 273 g/mol. The van der Waals surface area contributed by atoms with Crippen molar-refractivity contribution in [2.75, 3.05) is 0 Å². The van der Waals surface area contributed by atoms with Crippen LogP contribution in [0.15, 0.2) is 0 Å². The van der Waals surface area contributed by atoms with Crippen LogP contribution in [0.5, 0.6) is 0 Å². The van der Waals surface area contributed by atoms with Gasteiger partial charge in [-0.1, -0.05) is 39.0 Å². The summed E-state index contributed by atoms with van der Waals surface area (Å²) in [6.07, 6.45) is 12.3. The second-order valence-corrected chi connectivity index (χ2v) is 6.15. The second kappa shape index (κ2) is 9.66. The zero-order chi connectivity index (χ0) is 13.2. The Morgan fingerprint density at radius 2 is 1.67 bits per heavy atom. The molecule has 0 aliphatic heterocycles. The van der Waals surface area contributed by atoms with Crippen LogP contribution in [-0.4, -0.2) is 17.3 Å². The molecule has 0 spiro atoms. The summed E-state index contributed by atoms with van der Waals surface area (Å²) in [7, 11) is 0. The Morgan fingerprint density at radius 3 is 2.33 bits per heavy atom. The zero-order valence-electron chi connectivity index (χ0n) is 11.7. The van der Waals surface area contributed by atoms with E-state index < -0.39 is 0 Å². The minimum Gasteiger partial charge on any atom is -0.353 e. The lowest BCUT2D eigenvalue weighted by Crippen LogP contribution is -2.37. The third-order valence-corrected chi connectivity index (χ3v) is 4.22. The minimum atomic E-state index is 0.239. The SMILES string of the molecule is CCCCCCCCC(=O)NC1CCC(Cl)CC1. The molecule has 3 heteroatoms. The van der Waals surface area contributed by atoms with Crippen molar-refractivity contribution in [3.8, 4) is 0 Å². The van der Waals surface area contributed by atoms with Crippen LogP contribution in [0.2, 0.25) is 0 Å². The lowest BCUT2D eigenvalue weighted by Gasteiger charge is -2.25. The predicted octanol–water partition coefficient (Wildman–Crippen LogP) is 4.40. The van der Waals surface area contributed by atoms with Crippen LogP contribution in [0.25, 0.3) is 0 Å². The first kappa shape index (κ1) is 15.8. The highest BCUT2D eigenvalue weighted by Crippen LogP contribution is 2.22. The summed E-state index contributed by atoms with van der Waals surface area (Å²) in [6, 6.07) is 0.382. The van der Waals surface area contributed by atoms with Gasteiger partial charge in [-0.05, 0) is 32.1 Å². The van der Waals surface area contributed by atoms with Crippen molar-refractivity contribution in [1.82, 2.24) is 5.32 Å². The topological polar surface area (TPSA) is 29.1 Å². The van der Waals surface area contributed by atoms with Crippen molar-refractivity contribution in [3.05, 3.63) is 0 Å². The number of halogens is 1. The fourth-order valence-electron chi connectivity index (χ4n) is 2.56. The Hall–Kier alpha value is -0.240. The molecule has 1 amide bonds. The van der Waals surface area contributed by atoms with Crippen molar-refractivity contribution in [2.45, 2.75) is 89.0 Å². The van der Waals surface area contributed by atoms with Crippen LogP contribution in [0, 0.1) is 0 Å². The van der Waals surface area contributed by atoms with Crippen LogP contribution in [0.1, 0.15) is 77.6 Å². The van der Waals surface area contributed by atoms with Gasteiger partial charge in [0.1, 0.15) is 0 Å². The van der Waals surface area contributed by atoms with E-state index in [2.05, 4.69) is 12.2 Å². The van der Waals surface area contributed by atoms with Crippen molar-refractivity contribution < 1.29 is 4.79 Å². The highest BCUT2D eigenvalue weighted by molar-refractivity contribution is 6.20. The number of hydrogen-bond donors (Lipinski definition) is 1. The fourth-order valence-corrected chi connectivity index (χ4v) is 2.81. The maximum absolute atomic E-state index is 11.7. The molecule has 1 rings (SSSR count). The van der Waals surface area contributed by atoms with Crippen molar-refractivity contribution in [2.24, 2.45) is 0 Å². The first-order valence-electron chi connectivity index (χ1n) is 7.65. The van der Waals surface area contributed by atoms with Gasteiger partial charge >= 0.3 is 0 Å². The first-order chi connectivity index (χ1) is 8.72. The quantitative estimate of drug-likeness (QED) is 0.515. The molecule has 1 saturated carbocycles. The van der Waals surface area contributed by atoms with Crippen molar-refractivity contribution >= 4 is 17.5 Å². The van der Waals surface area contributed by atoms with Gasteiger partial charge in [-0.2, -0.15) is 0 Å². The van der Waals surface area contributed by atoms with Gasteiger partial charge in [0.05, 0.1) is 0 Å². The van der Waals surface area contributed by atoms with Gasteiger partial charge in [-0.3, -0.25) is 4.79 Å². The lowest BCUT2D eigenvalue weighted by molar-refractivity contribution is -0.122. The summed E-state index contributed by atoms with van der Waals surface area (Å²) in [5.74, 6) is 0.239. The molecular weight excluding hydrogens is 246 g/mol. The van der Waals surface area contributed by atoms with E-state index in [4.69, 9.17) is 11.6 Å². The van der Waals surface area contributed by atoms with E-state index in [9.17, 15) is 4.79 Å². The number of carbonyl (C=O) groups excluding carboxylic acids is 1. The highest BCUT2D eigenvalue weighted by atomic mass is 35.5. The molecule has 0 saturated heterocycles. The number of nitrogens with one attached hydrogen (secondary N) is 1. The average molecular weight is 274 g/mol. The Kier molecular flexibility index (Phi) is 8.49. The van der Waals surface area contributed by atoms with Gasteiger partial charge < -0.3 is 5.32 Å². The van der Waals surface area contributed by atoms with Gasteiger partial charge in [-0.25, -0.2) is 0 Å². The Balaban J connectivity index is 1.97. The summed E-state index contributed by atoms with van der Waals surface area (Å²) in [5, 5.41) is 3.47. The number of rotatable bonds is 8. The number of amides is 1. The smallest absolute Gasteiger partial charge is 0.220 e. The van der Waals surface area contributed by atoms with Crippen LogP contribution in [0.3, 0.4) is 0 Å². The Bertz CT molecular complexity index is 225. The molecular formula is C15H28ClNO. The Labute approximate surface area is 117 Å². The minimum absolute atomic E-state index is 0.239. The largest absolute Gasteiger partial charge is 0.353 e. The van der Waals surface area contributed by atoms with Crippen LogP contribution < -0.4 is 5.32 Å². The molecule has 1 aliphatic carbocycles. The highest BCUT2D eigenvalue weighted by Gasteiger charge is 2.20. The second-order valence-electron chi connectivity index (χ2n) is 5.53. The van der Waals surface area contributed by atoms with Crippen LogP contribution >= 0.6 is 11.6 Å². The van der Waals surface area contributed by atoms with Crippen molar-refractivity contribution in [1.29, 1.82) is 0 Å². The van der Waals surface area contributed by atoms with E-state index in [1.165, 1.54) is 32.1 Å². The molecule has 0 aromatic rings. The molecule has 0 unspecified atom stereocenters.